The van der Waals surface area contributed by atoms with Crippen molar-refractivity contribution in [2.75, 3.05) is 58.9 Å². The molecule has 0 saturated carbocycles. The van der Waals surface area contributed by atoms with Crippen molar-refractivity contribution in [1.82, 2.24) is 14.7 Å². The van der Waals surface area contributed by atoms with Crippen LogP contribution in [0.4, 0.5) is 0 Å². The van der Waals surface area contributed by atoms with E-state index in [-0.39, 0.29) is 0 Å². The van der Waals surface area contributed by atoms with E-state index in [1.54, 1.807) is 0 Å². The third kappa shape index (κ3) is 33.1. The van der Waals surface area contributed by atoms with Crippen molar-refractivity contribution in [1.29, 1.82) is 0 Å². The van der Waals surface area contributed by atoms with Gasteiger partial charge in [0.2, 0.25) is 0 Å². The molecule has 0 aliphatic rings. The fourth-order valence-corrected chi connectivity index (χ4v) is 3.81. The Kier molecular flexibility index (Phi) is 38.4. The first-order valence-corrected chi connectivity index (χ1v) is 17.0. The molecule has 3 aromatic carbocycles. The maximum atomic E-state index is 4.08. The molecule has 42 heavy (non-hydrogen) atoms. The fourth-order valence-electron chi connectivity index (χ4n) is 3.30. The van der Waals surface area contributed by atoms with Gasteiger partial charge in [-0.05, 0) is 95.3 Å². The third-order valence-corrected chi connectivity index (χ3v) is 7.19. The van der Waals surface area contributed by atoms with Crippen LogP contribution < -0.4 is 0 Å². The second kappa shape index (κ2) is 35.8. The Morgan fingerprint density at radius 1 is 0.310 bits per heavy atom. The van der Waals surface area contributed by atoms with Gasteiger partial charge >= 0.3 is 0 Å². The summed E-state index contributed by atoms with van der Waals surface area (Å²) in [6.07, 6.45) is 0. The summed E-state index contributed by atoms with van der Waals surface area (Å²) in [7, 11) is 0. The number of hydrogen-bond donors (Lipinski definition) is 3. The largest absolute Gasteiger partial charge is 0.304 e. The van der Waals surface area contributed by atoms with Crippen LogP contribution in [0.15, 0.2) is 106 Å². The quantitative estimate of drug-likeness (QED) is 0.203. The maximum Gasteiger partial charge on any atom is 0.00399 e. The monoisotopic (exact) mass is 633 g/mol. The van der Waals surface area contributed by atoms with Crippen molar-refractivity contribution in [3.8, 4) is 0 Å². The van der Waals surface area contributed by atoms with E-state index in [2.05, 4.69) is 115 Å². The van der Waals surface area contributed by atoms with E-state index in [0.717, 1.165) is 14.7 Å². The zero-order chi connectivity index (χ0) is 32.4. The van der Waals surface area contributed by atoms with Gasteiger partial charge < -0.3 is 14.7 Å². The summed E-state index contributed by atoms with van der Waals surface area (Å²) in [6, 6.07) is 29.4. The van der Waals surface area contributed by atoms with Crippen LogP contribution in [0, 0.1) is 0 Å². The minimum absolute atomic E-state index is 1.02. The van der Waals surface area contributed by atoms with Crippen molar-refractivity contribution in [2.24, 2.45) is 0 Å². The SMILES string of the molecule is CCN(CC)CC.CCN(CC)CC.CCN(CC)CC.Sc1ccccc1.Sc1ccccc1.Sc1ccccc1. The molecule has 0 aliphatic heterocycles. The number of hydrogen-bond acceptors (Lipinski definition) is 6. The lowest BCUT2D eigenvalue weighted by Crippen LogP contribution is -2.21. The van der Waals surface area contributed by atoms with Crippen molar-refractivity contribution < 1.29 is 0 Å². The molecule has 0 fully saturated rings. The molecule has 0 unspecified atom stereocenters. The Hall–Kier alpha value is -1.41. The Morgan fingerprint density at radius 2 is 0.452 bits per heavy atom. The van der Waals surface area contributed by atoms with Crippen molar-refractivity contribution in [2.45, 2.75) is 77.0 Å². The van der Waals surface area contributed by atoms with Gasteiger partial charge in [0.25, 0.3) is 0 Å². The van der Waals surface area contributed by atoms with Gasteiger partial charge in [-0.2, -0.15) is 0 Å². The van der Waals surface area contributed by atoms with Gasteiger partial charge in [0.15, 0.2) is 0 Å². The highest BCUT2D eigenvalue weighted by atomic mass is 32.1. The third-order valence-electron chi connectivity index (χ3n) is 6.29. The topological polar surface area (TPSA) is 9.72 Å². The summed E-state index contributed by atoms with van der Waals surface area (Å²) in [5, 5.41) is 0. The maximum absolute atomic E-state index is 4.08. The molecule has 0 atom stereocenters. The van der Waals surface area contributed by atoms with Crippen LogP contribution in [-0.4, -0.2) is 73.6 Å². The van der Waals surface area contributed by atoms with Gasteiger partial charge in [-0.15, -0.1) is 37.9 Å². The highest BCUT2D eigenvalue weighted by Gasteiger charge is 1.90. The molecule has 3 nitrogen and oxygen atoms in total. The van der Waals surface area contributed by atoms with E-state index in [1.807, 2.05) is 91.0 Å². The predicted octanol–water partition coefficient (Wildman–Crippen LogP) is 9.97. The Bertz CT molecular complexity index is 722. The lowest BCUT2D eigenvalue weighted by molar-refractivity contribution is 0.321. The van der Waals surface area contributed by atoms with Gasteiger partial charge in [-0.3, -0.25) is 0 Å². The highest BCUT2D eigenvalue weighted by molar-refractivity contribution is 7.80. The zero-order valence-corrected chi connectivity index (χ0v) is 30.9. The number of benzene rings is 3. The minimum atomic E-state index is 1.02. The molecular weight excluding hydrogens is 571 g/mol. The molecule has 3 rings (SSSR count). The first-order valence-electron chi connectivity index (χ1n) is 15.6. The van der Waals surface area contributed by atoms with Crippen LogP contribution in [0.25, 0.3) is 0 Å². The second-order valence-corrected chi connectivity index (χ2v) is 10.4. The molecule has 0 aliphatic carbocycles. The molecule has 0 spiro atoms. The molecule has 0 aromatic heterocycles. The Balaban J connectivity index is -0.000000435. The summed E-state index contributed by atoms with van der Waals surface area (Å²) in [6.45, 7) is 30.4. The van der Waals surface area contributed by atoms with Crippen LogP contribution in [-0.2, 0) is 0 Å². The Labute approximate surface area is 278 Å². The van der Waals surface area contributed by atoms with Crippen LogP contribution in [0.5, 0.6) is 0 Å². The molecular formula is C36H63N3S3. The molecule has 0 N–H and O–H groups in total. The molecule has 240 valence electrons. The number of nitrogens with zero attached hydrogens (tertiary/aromatic N) is 3. The van der Waals surface area contributed by atoms with Crippen molar-refractivity contribution >= 4 is 37.9 Å². The van der Waals surface area contributed by atoms with Crippen LogP contribution in [0.1, 0.15) is 62.3 Å². The first-order chi connectivity index (χ1) is 20.2. The molecule has 6 heteroatoms. The summed E-state index contributed by atoms with van der Waals surface area (Å²) in [5.74, 6) is 0. The standard InChI is InChI=1S/3C6H15N.3C6H6S/c3*1-4-7(5-2)6-3;3*7-6-4-2-1-3-5-6/h3*4-6H2,1-3H3;3*1-5,7H. The second-order valence-electron chi connectivity index (χ2n) is 8.87. The highest BCUT2D eigenvalue weighted by Crippen LogP contribution is 2.02. The predicted molar refractivity (Wildman–Crippen MR) is 201 cm³/mol. The molecule has 3 aromatic rings. The van der Waals surface area contributed by atoms with Crippen LogP contribution >= 0.6 is 37.9 Å². The first kappa shape index (κ1) is 45.0. The molecule has 0 heterocycles. The fraction of sp³-hybridized carbons (Fsp3) is 0.500. The van der Waals surface area contributed by atoms with E-state index in [0.29, 0.717) is 0 Å². The number of rotatable bonds is 9. The van der Waals surface area contributed by atoms with E-state index < -0.39 is 0 Å². The summed E-state index contributed by atoms with van der Waals surface area (Å²) < 4.78 is 0. The zero-order valence-electron chi connectivity index (χ0n) is 28.2. The van der Waals surface area contributed by atoms with Gasteiger partial charge in [-0.25, -0.2) is 0 Å². The molecule has 0 bridgehead atoms. The van der Waals surface area contributed by atoms with Gasteiger partial charge in [0.05, 0.1) is 0 Å². The molecule has 0 saturated heterocycles. The van der Waals surface area contributed by atoms with E-state index >= 15 is 0 Å². The van der Waals surface area contributed by atoms with Crippen LogP contribution in [0.2, 0.25) is 0 Å². The van der Waals surface area contributed by atoms with E-state index in [9.17, 15) is 0 Å². The average molecular weight is 634 g/mol. The molecule has 0 radical (unpaired) electrons. The van der Waals surface area contributed by atoms with Gasteiger partial charge in [-0.1, -0.05) is 117 Å². The Morgan fingerprint density at radius 3 is 0.500 bits per heavy atom. The lowest BCUT2D eigenvalue weighted by Gasteiger charge is -2.13. The molecule has 0 amide bonds. The van der Waals surface area contributed by atoms with Crippen LogP contribution in [0.3, 0.4) is 0 Å². The smallest absolute Gasteiger partial charge is 0.00399 e. The van der Waals surface area contributed by atoms with E-state index in [4.69, 9.17) is 0 Å². The van der Waals surface area contributed by atoms with Crippen molar-refractivity contribution in [3.63, 3.8) is 0 Å². The van der Waals surface area contributed by atoms with E-state index in [1.165, 1.54) is 58.9 Å². The average Bonchev–Trinajstić information content (AvgIpc) is 3.03. The number of thiol groups is 3. The summed E-state index contributed by atoms with van der Waals surface area (Å²) in [5.41, 5.74) is 0. The van der Waals surface area contributed by atoms with Crippen molar-refractivity contribution in [3.05, 3.63) is 91.0 Å². The normalized spacial score (nSPS) is 9.50. The van der Waals surface area contributed by atoms with Gasteiger partial charge in [0, 0.05) is 14.7 Å². The van der Waals surface area contributed by atoms with Gasteiger partial charge in [0.1, 0.15) is 0 Å². The summed E-state index contributed by atoms with van der Waals surface area (Å²) in [4.78, 5) is 10.2. The minimum Gasteiger partial charge on any atom is -0.304 e. The summed E-state index contributed by atoms with van der Waals surface area (Å²) >= 11 is 12.3. The lowest BCUT2D eigenvalue weighted by atomic mass is 10.4.